The van der Waals surface area contributed by atoms with Crippen LogP contribution in [-0.2, 0) is 4.79 Å². The zero-order valence-corrected chi connectivity index (χ0v) is 25.5. The second kappa shape index (κ2) is 13.0. The number of hydrogen-bond acceptors (Lipinski definition) is 8. The molecule has 46 heavy (non-hydrogen) atoms. The van der Waals surface area contributed by atoms with E-state index >= 15 is 0 Å². The van der Waals surface area contributed by atoms with Crippen LogP contribution in [0.4, 0.5) is 10.1 Å². The molecular formula is C34H34FN9O2. The van der Waals surface area contributed by atoms with Gasteiger partial charge in [-0.15, -0.1) is 0 Å². The summed E-state index contributed by atoms with van der Waals surface area (Å²) < 4.78 is 20.7. The Morgan fingerprint density at radius 2 is 1.89 bits per heavy atom. The van der Waals surface area contributed by atoms with E-state index in [4.69, 9.17) is 9.72 Å². The quantitative estimate of drug-likeness (QED) is 0.152. The van der Waals surface area contributed by atoms with Crippen molar-refractivity contribution < 1.29 is 13.9 Å². The van der Waals surface area contributed by atoms with Gasteiger partial charge in [0.15, 0.2) is 17.1 Å². The fourth-order valence-corrected chi connectivity index (χ4v) is 5.84. The minimum Gasteiger partial charge on any atom is -0.492 e. The molecule has 0 aliphatic carbocycles. The molecule has 3 N–H and O–H groups in total. The molecule has 5 aromatic heterocycles. The van der Waals surface area contributed by atoms with Crippen molar-refractivity contribution in [2.45, 2.75) is 39.0 Å². The molecular weight excluding hydrogens is 585 g/mol. The fourth-order valence-electron chi connectivity index (χ4n) is 5.84. The number of hydrogen-bond donors (Lipinski definition) is 3. The molecule has 1 saturated heterocycles. The number of amides is 1. The van der Waals surface area contributed by atoms with Crippen LogP contribution in [0.5, 0.6) is 5.75 Å². The van der Waals surface area contributed by atoms with Gasteiger partial charge in [0.05, 0.1) is 22.8 Å². The number of nitrogens with one attached hydrogen (secondary N) is 3. The van der Waals surface area contributed by atoms with Crippen molar-refractivity contribution in [2.24, 2.45) is 0 Å². The summed E-state index contributed by atoms with van der Waals surface area (Å²) in [6, 6.07) is 10.4. The van der Waals surface area contributed by atoms with Gasteiger partial charge in [-0.25, -0.2) is 19.3 Å². The lowest BCUT2D eigenvalue weighted by Gasteiger charge is -2.15. The van der Waals surface area contributed by atoms with E-state index in [-0.39, 0.29) is 11.7 Å². The third-order valence-corrected chi connectivity index (χ3v) is 8.21. The third kappa shape index (κ3) is 6.29. The van der Waals surface area contributed by atoms with Crippen molar-refractivity contribution in [1.82, 2.24) is 40.0 Å². The van der Waals surface area contributed by atoms with E-state index in [1.165, 1.54) is 25.0 Å². The van der Waals surface area contributed by atoms with E-state index in [0.717, 1.165) is 54.6 Å². The summed E-state index contributed by atoms with van der Waals surface area (Å²) in [4.78, 5) is 36.1. The largest absolute Gasteiger partial charge is 0.492 e. The number of carbonyl (C=O) groups excluding carboxylic acids is 1. The number of ether oxygens (including phenoxy) is 1. The molecule has 7 rings (SSSR count). The normalized spacial score (nSPS) is 13.5. The number of aromatic amines is 2. The second-order valence-corrected chi connectivity index (χ2v) is 11.5. The molecule has 6 heterocycles. The summed E-state index contributed by atoms with van der Waals surface area (Å²) >= 11 is 0. The molecule has 1 amide bonds. The highest BCUT2D eigenvalue weighted by atomic mass is 19.1. The number of halogens is 1. The number of benzene rings is 1. The molecule has 6 aromatic rings. The van der Waals surface area contributed by atoms with Gasteiger partial charge in [-0.3, -0.25) is 19.8 Å². The average molecular weight is 620 g/mol. The van der Waals surface area contributed by atoms with Crippen molar-refractivity contribution in [2.75, 3.05) is 31.6 Å². The highest BCUT2D eigenvalue weighted by molar-refractivity contribution is 5.96. The van der Waals surface area contributed by atoms with Crippen molar-refractivity contribution in [3.8, 4) is 39.5 Å². The minimum absolute atomic E-state index is 0.0381. The van der Waals surface area contributed by atoms with Crippen LogP contribution in [0.1, 0.15) is 39.0 Å². The summed E-state index contributed by atoms with van der Waals surface area (Å²) in [5, 5.41) is 11.1. The maximum atomic E-state index is 14.8. The highest BCUT2D eigenvalue weighted by Gasteiger charge is 2.18. The van der Waals surface area contributed by atoms with Crippen molar-refractivity contribution >= 4 is 33.8 Å². The van der Waals surface area contributed by atoms with E-state index in [1.807, 2.05) is 24.3 Å². The highest BCUT2D eigenvalue weighted by Crippen LogP contribution is 2.33. The van der Waals surface area contributed by atoms with Gasteiger partial charge in [0.1, 0.15) is 23.9 Å². The van der Waals surface area contributed by atoms with Crippen LogP contribution in [0.15, 0.2) is 61.2 Å². The van der Waals surface area contributed by atoms with Crippen LogP contribution < -0.4 is 10.1 Å². The molecule has 0 atom stereocenters. The van der Waals surface area contributed by atoms with Gasteiger partial charge < -0.3 is 15.0 Å². The van der Waals surface area contributed by atoms with Crippen LogP contribution in [0.3, 0.4) is 0 Å². The molecule has 11 nitrogen and oxygen atoms in total. The Balaban J connectivity index is 1.17. The number of aromatic nitrogens is 7. The van der Waals surface area contributed by atoms with Gasteiger partial charge in [0, 0.05) is 54.3 Å². The zero-order valence-electron chi connectivity index (χ0n) is 25.5. The van der Waals surface area contributed by atoms with Gasteiger partial charge in [-0.1, -0.05) is 13.3 Å². The molecule has 0 unspecified atom stereocenters. The maximum Gasteiger partial charge on any atom is 0.224 e. The summed E-state index contributed by atoms with van der Waals surface area (Å²) in [6.07, 6.45) is 11.4. The molecule has 0 bridgehead atoms. The van der Waals surface area contributed by atoms with Crippen LogP contribution in [0.25, 0.3) is 56.0 Å². The fraction of sp³-hybridized carbons (Fsp3) is 0.294. The number of carbonyl (C=O) groups is 1. The zero-order chi connectivity index (χ0) is 31.5. The Morgan fingerprint density at radius 1 is 1.02 bits per heavy atom. The smallest absolute Gasteiger partial charge is 0.224 e. The first-order valence-corrected chi connectivity index (χ1v) is 15.6. The molecule has 1 aliphatic rings. The Bertz CT molecular complexity index is 2020. The lowest BCUT2D eigenvalue weighted by molar-refractivity contribution is -0.116. The monoisotopic (exact) mass is 619 g/mol. The number of H-pyrrole nitrogens is 2. The van der Waals surface area contributed by atoms with E-state index in [9.17, 15) is 9.18 Å². The molecule has 1 aliphatic heterocycles. The average Bonchev–Trinajstić information content (AvgIpc) is 3.83. The standard InChI is InChI=1S/C34H34FN9O2/c1-2-3-6-29(45)39-25-14-22(18-36-20-25)23-16-28-31(42-43-32(28)38-19-23)34-40-30-27(7-8-37-33(30)41-34)21-13-24(35)17-26(15-21)46-12-11-44-9-4-5-10-44/h7-8,13-20H,2-6,9-12H2,1H3,(H,39,45)(H,37,40,41)(H,38,42,43). The first-order chi connectivity index (χ1) is 22.5. The summed E-state index contributed by atoms with van der Waals surface area (Å²) in [6.45, 7) is 5.54. The van der Waals surface area contributed by atoms with Crippen LogP contribution >= 0.6 is 0 Å². The van der Waals surface area contributed by atoms with Gasteiger partial charge in [0.2, 0.25) is 5.91 Å². The Hall–Kier alpha value is -5.23. The Labute approximate surface area is 264 Å². The van der Waals surface area contributed by atoms with Crippen LogP contribution in [0, 0.1) is 5.82 Å². The molecule has 0 saturated carbocycles. The summed E-state index contributed by atoms with van der Waals surface area (Å²) in [5.41, 5.74) is 5.93. The lowest BCUT2D eigenvalue weighted by atomic mass is 10.1. The number of imidazole rings is 1. The Kier molecular flexibility index (Phi) is 8.34. The number of pyridine rings is 3. The number of fused-ring (bicyclic) bond motifs is 2. The molecule has 0 spiro atoms. The van der Waals surface area contributed by atoms with Gasteiger partial charge in [0.25, 0.3) is 0 Å². The van der Waals surface area contributed by atoms with Crippen molar-refractivity contribution in [3.63, 3.8) is 0 Å². The predicted octanol–water partition coefficient (Wildman–Crippen LogP) is 6.37. The molecule has 1 aromatic carbocycles. The minimum atomic E-state index is -0.379. The molecule has 1 fully saturated rings. The number of unbranched alkanes of at least 4 members (excludes halogenated alkanes) is 1. The first-order valence-electron chi connectivity index (χ1n) is 15.6. The second-order valence-electron chi connectivity index (χ2n) is 11.5. The van der Waals surface area contributed by atoms with Gasteiger partial charge in [-0.05, 0) is 68.2 Å². The lowest BCUT2D eigenvalue weighted by Crippen LogP contribution is -2.25. The predicted molar refractivity (Wildman–Crippen MR) is 175 cm³/mol. The van der Waals surface area contributed by atoms with E-state index in [1.54, 1.807) is 24.8 Å². The third-order valence-electron chi connectivity index (χ3n) is 8.21. The maximum absolute atomic E-state index is 14.8. The first kappa shape index (κ1) is 29.5. The van der Waals surface area contributed by atoms with Crippen LogP contribution in [-0.4, -0.2) is 72.2 Å². The van der Waals surface area contributed by atoms with E-state index in [0.29, 0.717) is 58.4 Å². The van der Waals surface area contributed by atoms with Gasteiger partial charge >= 0.3 is 0 Å². The SMILES string of the molecule is CCCCC(=O)Nc1cncc(-c2cnc3n[nH]c(-c4nc5nccc(-c6cc(F)cc(OCCN7CCCC7)c6)c5[nH]4)c3c2)c1. The number of rotatable bonds is 11. The van der Waals surface area contributed by atoms with Crippen molar-refractivity contribution in [1.29, 1.82) is 0 Å². The molecule has 234 valence electrons. The number of nitrogens with zero attached hydrogens (tertiary/aromatic N) is 6. The summed E-state index contributed by atoms with van der Waals surface area (Å²) in [5.74, 6) is 0.584. The molecule has 0 radical (unpaired) electrons. The molecule has 12 heteroatoms. The van der Waals surface area contributed by atoms with Crippen molar-refractivity contribution in [3.05, 3.63) is 67.0 Å². The van der Waals surface area contributed by atoms with Gasteiger partial charge in [-0.2, -0.15) is 5.10 Å². The summed E-state index contributed by atoms with van der Waals surface area (Å²) in [7, 11) is 0. The van der Waals surface area contributed by atoms with E-state index < -0.39 is 0 Å². The van der Waals surface area contributed by atoms with Crippen LogP contribution in [0.2, 0.25) is 0 Å². The van der Waals surface area contributed by atoms with E-state index in [2.05, 4.69) is 47.3 Å². The number of anilines is 1. The number of likely N-dealkylation sites (tertiary alicyclic amines) is 1. The topological polar surface area (TPSA) is 138 Å². The Morgan fingerprint density at radius 3 is 2.76 bits per heavy atom.